The predicted octanol–water partition coefficient (Wildman–Crippen LogP) is 0.781. The Bertz CT molecular complexity index is 221. The highest BCUT2D eigenvalue weighted by atomic mass is 16.3. The molecule has 4 N–H and O–H groups in total. The van der Waals surface area contributed by atoms with Gasteiger partial charge in [-0.2, -0.15) is 0 Å². The molecule has 3 unspecified atom stereocenters. The summed E-state index contributed by atoms with van der Waals surface area (Å²) in [6.07, 6.45) is 4.88. The third kappa shape index (κ3) is 4.94. The SMILES string of the molecule is CCCC(N)CC(=O)NCC1CCC(O)C1. The number of nitrogens with one attached hydrogen (secondary N) is 1. The van der Waals surface area contributed by atoms with Crippen molar-refractivity contribution in [1.29, 1.82) is 0 Å². The van der Waals surface area contributed by atoms with E-state index in [-0.39, 0.29) is 18.1 Å². The molecule has 0 aromatic heterocycles. The summed E-state index contributed by atoms with van der Waals surface area (Å²) >= 11 is 0. The van der Waals surface area contributed by atoms with Gasteiger partial charge in [-0.25, -0.2) is 0 Å². The lowest BCUT2D eigenvalue weighted by Gasteiger charge is -2.13. The van der Waals surface area contributed by atoms with Gasteiger partial charge in [0.15, 0.2) is 0 Å². The van der Waals surface area contributed by atoms with Gasteiger partial charge in [0.05, 0.1) is 6.10 Å². The van der Waals surface area contributed by atoms with E-state index >= 15 is 0 Å². The van der Waals surface area contributed by atoms with Crippen molar-refractivity contribution in [3.05, 3.63) is 0 Å². The first-order chi connectivity index (χ1) is 7.61. The first-order valence-electron chi connectivity index (χ1n) is 6.32. The summed E-state index contributed by atoms with van der Waals surface area (Å²) in [5, 5.41) is 12.3. The second kappa shape index (κ2) is 6.86. The lowest BCUT2D eigenvalue weighted by molar-refractivity contribution is -0.121. The van der Waals surface area contributed by atoms with E-state index < -0.39 is 0 Å². The Morgan fingerprint density at radius 2 is 2.31 bits per heavy atom. The highest BCUT2D eigenvalue weighted by Crippen LogP contribution is 2.24. The molecule has 1 aliphatic rings. The standard InChI is InChI=1S/C12H24N2O2/c1-2-3-10(13)7-12(16)14-8-9-4-5-11(15)6-9/h9-11,15H,2-8,13H2,1H3,(H,14,16). The first kappa shape index (κ1) is 13.5. The average Bonchev–Trinajstić information content (AvgIpc) is 2.61. The van der Waals surface area contributed by atoms with Crippen LogP contribution in [0.15, 0.2) is 0 Å². The maximum absolute atomic E-state index is 11.5. The number of hydrogen-bond donors (Lipinski definition) is 3. The molecule has 1 rings (SSSR count). The topological polar surface area (TPSA) is 75.4 Å². The van der Waals surface area contributed by atoms with Crippen molar-refractivity contribution in [1.82, 2.24) is 5.32 Å². The van der Waals surface area contributed by atoms with Gasteiger partial charge in [0.2, 0.25) is 5.91 Å². The maximum atomic E-state index is 11.5. The molecule has 4 nitrogen and oxygen atoms in total. The van der Waals surface area contributed by atoms with Crippen molar-refractivity contribution < 1.29 is 9.90 Å². The minimum Gasteiger partial charge on any atom is -0.393 e. The smallest absolute Gasteiger partial charge is 0.221 e. The molecule has 0 bridgehead atoms. The zero-order valence-corrected chi connectivity index (χ0v) is 10.1. The number of carbonyl (C=O) groups is 1. The summed E-state index contributed by atoms with van der Waals surface area (Å²) in [4.78, 5) is 11.5. The van der Waals surface area contributed by atoms with Gasteiger partial charge in [-0.1, -0.05) is 13.3 Å². The molecule has 0 saturated heterocycles. The Kier molecular flexibility index (Phi) is 5.77. The molecule has 0 aliphatic heterocycles. The van der Waals surface area contributed by atoms with E-state index in [2.05, 4.69) is 12.2 Å². The van der Waals surface area contributed by atoms with Gasteiger partial charge in [-0.15, -0.1) is 0 Å². The molecular formula is C12H24N2O2. The summed E-state index contributed by atoms with van der Waals surface area (Å²) < 4.78 is 0. The largest absolute Gasteiger partial charge is 0.393 e. The van der Waals surface area contributed by atoms with E-state index in [1.807, 2.05) is 0 Å². The fourth-order valence-electron chi connectivity index (χ4n) is 2.28. The lowest BCUT2D eigenvalue weighted by Crippen LogP contribution is -2.34. The van der Waals surface area contributed by atoms with Crippen LogP contribution in [-0.4, -0.2) is 29.7 Å². The van der Waals surface area contributed by atoms with Crippen LogP contribution in [0.25, 0.3) is 0 Å². The zero-order chi connectivity index (χ0) is 12.0. The van der Waals surface area contributed by atoms with E-state index in [1.54, 1.807) is 0 Å². The molecule has 4 heteroatoms. The molecule has 0 aromatic carbocycles. The Morgan fingerprint density at radius 1 is 1.56 bits per heavy atom. The highest BCUT2D eigenvalue weighted by molar-refractivity contribution is 5.76. The van der Waals surface area contributed by atoms with Crippen LogP contribution >= 0.6 is 0 Å². The van der Waals surface area contributed by atoms with Crippen LogP contribution in [0.5, 0.6) is 0 Å². The summed E-state index contributed by atoms with van der Waals surface area (Å²) in [6.45, 7) is 2.76. The Morgan fingerprint density at radius 3 is 2.88 bits per heavy atom. The van der Waals surface area contributed by atoms with E-state index in [1.165, 1.54) is 0 Å². The summed E-state index contributed by atoms with van der Waals surface area (Å²) in [5.41, 5.74) is 5.79. The molecule has 0 spiro atoms. The van der Waals surface area contributed by atoms with Crippen LogP contribution in [0.2, 0.25) is 0 Å². The number of hydrogen-bond acceptors (Lipinski definition) is 3. The Labute approximate surface area is 97.6 Å². The molecule has 94 valence electrons. The first-order valence-corrected chi connectivity index (χ1v) is 6.32. The monoisotopic (exact) mass is 228 g/mol. The predicted molar refractivity (Wildman–Crippen MR) is 63.9 cm³/mol. The molecule has 0 aromatic rings. The van der Waals surface area contributed by atoms with E-state index in [0.717, 1.165) is 32.1 Å². The number of amides is 1. The fourth-order valence-corrected chi connectivity index (χ4v) is 2.28. The van der Waals surface area contributed by atoms with Crippen molar-refractivity contribution in [3.63, 3.8) is 0 Å². The molecule has 0 heterocycles. The van der Waals surface area contributed by atoms with Gasteiger partial charge < -0.3 is 16.2 Å². The van der Waals surface area contributed by atoms with E-state index in [4.69, 9.17) is 5.73 Å². The third-order valence-corrected chi connectivity index (χ3v) is 3.21. The number of carbonyl (C=O) groups excluding carboxylic acids is 1. The molecule has 1 saturated carbocycles. The minimum absolute atomic E-state index is 0.0147. The molecule has 1 amide bonds. The third-order valence-electron chi connectivity index (χ3n) is 3.21. The minimum atomic E-state index is -0.163. The summed E-state index contributed by atoms with van der Waals surface area (Å²) in [7, 11) is 0. The van der Waals surface area contributed by atoms with Crippen LogP contribution in [0, 0.1) is 5.92 Å². The van der Waals surface area contributed by atoms with E-state index in [0.29, 0.717) is 18.9 Å². The highest BCUT2D eigenvalue weighted by Gasteiger charge is 2.23. The van der Waals surface area contributed by atoms with Gasteiger partial charge in [0.1, 0.15) is 0 Å². The van der Waals surface area contributed by atoms with E-state index in [9.17, 15) is 9.90 Å². The van der Waals surface area contributed by atoms with Crippen molar-refractivity contribution in [2.75, 3.05) is 6.54 Å². The van der Waals surface area contributed by atoms with Crippen molar-refractivity contribution >= 4 is 5.91 Å². The van der Waals surface area contributed by atoms with Gasteiger partial charge in [0.25, 0.3) is 0 Å². The average molecular weight is 228 g/mol. The Hall–Kier alpha value is -0.610. The second-order valence-corrected chi connectivity index (χ2v) is 4.89. The second-order valence-electron chi connectivity index (χ2n) is 4.89. The normalized spacial score (nSPS) is 26.7. The molecule has 3 atom stereocenters. The number of aliphatic hydroxyl groups excluding tert-OH is 1. The van der Waals surface area contributed by atoms with Gasteiger partial charge >= 0.3 is 0 Å². The molecule has 1 fully saturated rings. The van der Waals surface area contributed by atoms with Crippen molar-refractivity contribution in [2.24, 2.45) is 11.7 Å². The van der Waals surface area contributed by atoms with Crippen molar-refractivity contribution in [2.45, 2.75) is 57.6 Å². The molecule has 0 radical (unpaired) electrons. The lowest BCUT2D eigenvalue weighted by atomic mass is 10.1. The van der Waals surface area contributed by atoms with Crippen molar-refractivity contribution in [3.8, 4) is 0 Å². The summed E-state index contributed by atoms with van der Waals surface area (Å²) in [6, 6.07) is -0.0147. The Balaban J connectivity index is 2.10. The zero-order valence-electron chi connectivity index (χ0n) is 10.1. The quantitative estimate of drug-likeness (QED) is 0.629. The summed E-state index contributed by atoms with van der Waals surface area (Å²) in [5.74, 6) is 0.490. The van der Waals surface area contributed by atoms with Gasteiger partial charge in [0, 0.05) is 19.0 Å². The molecule has 1 aliphatic carbocycles. The number of nitrogens with two attached hydrogens (primary N) is 1. The molecule has 16 heavy (non-hydrogen) atoms. The van der Waals surface area contributed by atoms with Crippen LogP contribution < -0.4 is 11.1 Å². The molecular weight excluding hydrogens is 204 g/mol. The van der Waals surface area contributed by atoms with Gasteiger partial charge in [-0.3, -0.25) is 4.79 Å². The van der Waals surface area contributed by atoms with Gasteiger partial charge in [-0.05, 0) is 31.6 Å². The van der Waals surface area contributed by atoms with Crippen LogP contribution in [-0.2, 0) is 4.79 Å². The number of rotatable bonds is 6. The van der Waals surface area contributed by atoms with Crippen LogP contribution in [0.1, 0.15) is 45.4 Å². The number of aliphatic hydroxyl groups is 1. The van der Waals surface area contributed by atoms with Crippen LogP contribution in [0.4, 0.5) is 0 Å². The fraction of sp³-hybridized carbons (Fsp3) is 0.917. The maximum Gasteiger partial charge on any atom is 0.221 e. The van der Waals surface area contributed by atoms with Crippen LogP contribution in [0.3, 0.4) is 0 Å².